The maximum absolute atomic E-state index is 12.3. The minimum absolute atomic E-state index is 0.0248. The molecular formula is C13H19N3O. The third-order valence-electron chi connectivity index (χ3n) is 3.35. The van der Waals surface area contributed by atoms with Crippen molar-refractivity contribution in [3.8, 4) is 0 Å². The van der Waals surface area contributed by atoms with Gasteiger partial charge in [0.25, 0.3) is 5.91 Å². The average molecular weight is 233 g/mol. The lowest BCUT2D eigenvalue weighted by molar-refractivity contribution is 0.0701. The summed E-state index contributed by atoms with van der Waals surface area (Å²) < 4.78 is 0. The van der Waals surface area contributed by atoms with Gasteiger partial charge in [-0.25, -0.2) is 0 Å². The van der Waals surface area contributed by atoms with Gasteiger partial charge in [-0.05, 0) is 37.9 Å². The number of likely N-dealkylation sites (N-methyl/N-ethyl adjacent to an activating group) is 1. The molecule has 2 heterocycles. The molecule has 1 aliphatic rings. The van der Waals surface area contributed by atoms with Crippen LogP contribution in [0, 0.1) is 6.92 Å². The van der Waals surface area contributed by atoms with Crippen molar-refractivity contribution in [1.29, 1.82) is 0 Å². The first-order valence-electron chi connectivity index (χ1n) is 6.09. The molecule has 0 spiro atoms. The highest BCUT2D eigenvalue weighted by molar-refractivity contribution is 5.93. The maximum Gasteiger partial charge on any atom is 0.272 e. The predicted octanol–water partition coefficient (Wildman–Crippen LogP) is 1.21. The number of hydrogen-bond acceptors (Lipinski definition) is 3. The Morgan fingerprint density at radius 2 is 2.41 bits per heavy atom. The first kappa shape index (κ1) is 12.0. The van der Waals surface area contributed by atoms with E-state index in [0.29, 0.717) is 5.69 Å². The molecule has 4 nitrogen and oxygen atoms in total. The van der Waals surface area contributed by atoms with Gasteiger partial charge < -0.3 is 10.2 Å². The van der Waals surface area contributed by atoms with Crippen LogP contribution in [-0.2, 0) is 0 Å². The molecule has 4 heteroatoms. The lowest BCUT2D eigenvalue weighted by atomic mass is 10.1. The standard InChI is InChI=1S/C13H19N3O/c1-10-5-3-8-15-12(10)13(17)16(2)11-6-4-7-14-9-11/h3,5,8,11,14H,4,6-7,9H2,1-2H3. The Balaban J connectivity index is 2.11. The molecule has 1 saturated heterocycles. The molecule has 0 aliphatic carbocycles. The number of piperidine rings is 1. The summed E-state index contributed by atoms with van der Waals surface area (Å²) in [5, 5.41) is 3.32. The highest BCUT2D eigenvalue weighted by Crippen LogP contribution is 2.13. The van der Waals surface area contributed by atoms with Gasteiger partial charge in [-0.15, -0.1) is 0 Å². The van der Waals surface area contributed by atoms with Crippen molar-refractivity contribution >= 4 is 5.91 Å². The van der Waals surface area contributed by atoms with Crippen molar-refractivity contribution in [2.75, 3.05) is 20.1 Å². The van der Waals surface area contributed by atoms with E-state index in [1.54, 1.807) is 6.20 Å². The minimum atomic E-state index is 0.0248. The Kier molecular flexibility index (Phi) is 3.74. The van der Waals surface area contributed by atoms with Crippen LogP contribution in [0.25, 0.3) is 0 Å². The van der Waals surface area contributed by atoms with Crippen LogP contribution in [0.3, 0.4) is 0 Å². The lowest BCUT2D eigenvalue weighted by Gasteiger charge is -2.31. The van der Waals surface area contributed by atoms with Gasteiger partial charge >= 0.3 is 0 Å². The predicted molar refractivity (Wildman–Crippen MR) is 67.0 cm³/mol. The van der Waals surface area contributed by atoms with Gasteiger partial charge in [0.2, 0.25) is 0 Å². The molecule has 17 heavy (non-hydrogen) atoms. The highest BCUT2D eigenvalue weighted by atomic mass is 16.2. The molecule has 1 N–H and O–H groups in total. The van der Waals surface area contributed by atoms with Crippen LogP contribution in [0.4, 0.5) is 0 Å². The summed E-state index contributed by atoms with van der Waals surface area (Å²) in [5.74, 6) is 0.0248. The Morgan fingerprint density at radius 1 is 1.59 bits per heavy atom. The van der Waals surface area contributed by atoms with Crippen molar-refractivity contribution in [3.63, 3.8) is 0 Å². The second-order valence-electron chi connectivity index (χ2n) is 4.59. The van der Waals surface area contributed by atoms with E-state index in [1.165, 1.54) is 0 Å². The third kappa shape index (κ3) is 2.64. The van der Waals surface area contributed by atoms with Crippen LogP contribution in [0.5, 0.6) is 0 Å². The Bertz CT molecular complexity index is 399. The van der Waals surface area contributed by atoms with Crippen LogP contribution in [0.1, 0.15) is 28.9 Å². The Hall–Kier alpha value is -1.42. The number of aryl methyl sites for hydroxylation is 1. The van der Waals surface area contributed by atoms with Gasteiger partial charge in [0.05, 0.1) is 0 Å². The number of hydrogen-bond donors (Lipinski definition) is 1. The van der Waals surface area contributed by atoms with Crippen molar-refractivity contribution in [1.82, 2.24) is 15.2 Å². The molecule has 0 radical (unpaired) electrons. The zero-order valence-electron chi connectivity index (χ0n) is 10.4. The van der Waals surface area contributed by atoms with Gasteiger partial charge in [-0.3, -0.25) is 9.78 Å². The summed E-state index contributed by atoms with van der Waals surface area (Å²) >= 11 is 0. The molecule has 1 aromatic rings. The topological polar surface area (TPSA) is 45.2 Å². The smallest absolute Gasteiger partial charge is 0.272 e. The molecular weight excluding hydrogens is 214 g/mol. The highest BCUT2D eigenvalue weighted by Gasteiger charge is 2.24. The van der Waals surface area contributed by atoms with E-state index < -0.39 is 0 Å². The van der Waals surface area contributed by atoms with Crippen molar-refractivity contribution in [2.45, 2.75) is 25.8 Å². The summed E-state index contributed by atoms with van der Waals surface area (Å²) in [7, 11) is 1.87. The van der Waals surface area contributed by atoms with E-state index in [2.05, 4.69) is 10.3 Å². The molecule has 1 amide bonds. The fourth-order valence-corrected chi connectivity index (χ4v) is 2.21. The number of carbonyl (C=O) groups is 1. The Labute approximate surface area is 102 Å². The lowest BCUT2D eigenvalue weighted by Crippen LogP contribution is -2.47. The molecule has 0 aromatic carbocycles. The first-order valence-corrected chi connectivity index (χ1v) is 6.09. The zero-order valence-corrected chi connectivity index (χ0v) is 10.4. The fraction of sp³-hybridized carbons (Fsp3) is 0.538. The van der Waals surface area contributed by atoms with Gasteiger partial charge in [-0.1, -0.05) is 6.07 Å². The van der Waals surface area contributed by atoms with E-state index in [0.717, 1.165) is 31.5 Å². The molecule has 2 rings (SSSR count). The number of nitrogens with zero attached hydrogens (tertiary/aromatic N) is 2. The molecule has 0 saturated carbocycles. The summed E-state index contributed by atoms with van der Waals surface area (Å²) in [6.07, 6.45) is 3.87. The molecule has 1 aliphatic heterocycles. The van der Waals surface area contributed by atoms with E-state index in [1.807, 2.05) is 31.0 Å². The number of aromatic nitrogens is 1. The monoisotopic (exact) mass is 233 g/mol. The molecule has 1 aromatic heterocycles. The third-order valence-corrected chi connectivity index (χ3v) is 3.35. The van der Waals surface area contributed by atoms with Gasteiger partial charge in [0.1, 0.15) is 5.69 Å². The van der Waals surface area contributed by atoms with Gasteiger partial charge in [0.15, 0.2) is 0 Å². The first-order chi connectivity index (χ1) is 8.20. The molecule has 1 atom stereocenters. The van der Waals surface area contributed by atoms with Crippen molar-refractivity contribution in [2.24, 2.45) is 0 Å². The molecule has 92 valence electrons. The van der Waals surface area contributed by atoms with Crippen LogP contribution in [0.2, 0.25) is 0 Å². The van der Waals surface area contributed by atoms with Crippen molar-refractivity contribution < 1.29 is 4.79 Å². The number of nitrogens with one attached hydrogen (secondary N) is 1. The van der Waals surface area contributed by atoms with Crippen LogP contribution in [-0.4, -0.2) is 42.0 Å². The zero-order chi connectivity index (χ0) is 12.3. The Morgan fingerprint density at radius 3 is 3.06 bits per heavy atom. The number of pyridine rings is 1. The normalized spacial score (nSPS) is 20.0. The van der Waals surface area contributed by atoms with E-state index in [4.69, 9.17) is 0 Å². The van der Waals surface area contributed by atoms with Crippen LogP contribution in [0.15, 0.2) is 18.3 Å². The minimum Gasteiger partial charge on any atom is -0.336 e. The van der Waals surface area contributed by atoms with E-state index >= 15 is 0 Å². The fourth-order valence-electron chi connectivity index (χ4n) is 2.21. The number of carbonyl (C=O) groups excluding carboxylic acids is 1. The second kappa shape index (κ2) is 5.27. The summed E-state index contributed by atoms with van der Waals surface area (Å²) in [4.78, 5) is 18.3. The maximum atomic E-state index is 12.3. The molecule has 1 unspecified atom stereocenters. The summed E-state index contributed by atoms with van der Waals surface area (Å²) in [6, 6.07) is 4.07. The second-order valence-corrected chi connectivity index (χ2v) is 4.59. The van der Waals surface area contributed by atoms with E-state index in [9.17, 15) is 4.79 Å². The van der Waals surface area contributed by atoms with Gasteiger partial charge in [0, 0.05) is 25.8 Å². The van der Waals surface area contributed by atoms with Gasteiger partial charge in [-0.2, -0.15) is 0 Å². The van der Waals surface area contributed by atoms with E-state index in [-0.39, 0.29) is 11.9 Å². The van der Waals surface area contributed by atoms with Crippen LogP contribution < -0.4 is 5.32 Å². The summed E-state index contributed by atoms with van der Waals surface area (Å²) in [5.41, 5.74) is 1.51. The van der Waals surface area contributed by atoms with Crippen LogP contribution >= 0.6 is 0 Å². The molecule has 1 fully saturated rings. The molecule has 0 bridgehead atoms. The average Bonchev–Trinajstić information content (AvgIpc) is 2.39. The largest absolute Gasteiger partial charge is 0.336 e. The summed E-state index contributed by atoms with van der Waals surface area (Å²) in [6.45, 7) is 3.86. The SMILES string of the molecule is Cc1cccnc1C(=O)N(C)C1CCCNC1. The number of rotatable bonds is 2. The quantitative estimate of drug-likeness (QED) is 0.835. The number of amides is 1. The van der Waals surface area contributed by atoms with Crippen molar-refractivity contribution in [3.05, 3.63) is 29.6 Å².